The summed E-state index contributed by atoms with van der Waals surface area (Å²) in [4.78, 5) is 12.0. The fourth-order valence-electron chi connectivity index (χ4n) is 2.04. The number of hydrogen-bond donors (Lipinski definition) is 1. The molecular formula is C17H13Cl2N3OS2. The van der Waals surface area contributed by atoms with Crippen LogP contribution in [0.2, 0.25) is 10.0 Å². The largest absolute Gasteiger partial charge is 0.300 e. The van der Waals surface area contributed by atoms with Crippen LogP contribution >= 0.6 is 46.3 Å². The first-order valence-corrected chi connectivity index (χ1v) is 10.0. The number of thioether (sulfide) groups is 1. The van der Waals surface area contributed by atoms with Gasteiger partial charge in [-0.15, -0.1) is 22.0 Å². The Morgan fingerprint density at radius 1 is 1.12 bits per heavy atom. The third-order valence-electron chi connectivity index (χ3n) is 3.18. The fraction of sp³-hybridized carbons (Fsp3) is 0.118. The predicted octanol–water partition coefficient (Wildman–Crippen LogP) is 5.38. The van der Waals surface area contributed by atoms with Gasteiger partial charge in [0.15, 0.2) is 5.01 Å². The zero-order valence-electron chi connectivity index (χ0n) is 12.9. The summed E-state index contributed by atoms with van der Waals surface area (Å²) in [7, 11) is 0. The second kappa shape index (κ2) is 8.67. The highest BCUT2D eigenvalue weighted by molar-refractivity contribution is 7.99. The van der Waals surface area contributed by atoms with Gasteiger partial charge in [-0.1, -0.05) is 64.9 Å². The molecule has 0 atom stereocenters. The van der Waals surface area contributed by atoms with E-state index in [0.29, 0.717) is 25.9 Å². The quantitative estimate of drug-likeness (QED) is 0.593. The van der Waals surface area contributed by atoms with Crippen LogP contribution in [0.15, 0.2) is 48.5 Å². The molecule has 0 spiro atoms. The molecule has 0 saturated heterocycles. The normalized spacial score (nSPS) is 10.6. The summed E-state index contributed by atoms with van der Waals surface area (Å²) in [5.74, 6) is 1.03. The maximum atomic E-state index is 12.0. The van der Waals surface area contributed by atoms with Crippen molar-refractivity contribution in [2.45, 2.75) is 5.75 Å². The second-order valence-electron chi connectivity index (χ2n) is 5.06. The van der Waals surface area contributed by atoms with Gasteiger partial charge in [-0.25, -0.2) is 0 Å². The Balaban J connectivity index is 1.55. The summed E-state index contributed by atoms with van der Waals surface area (Å²) in [6, 6.07) is 15.2. The van der Waals surface area contributed by atoms with Crippen LogP contribution in [0.4, 0.5) is 5.13 Å². The van der Waals surface area contributed by atoms with Gasteiger partial charge < -0.3 is 0 Å². The molecule has 0 bridgehead atoms. The fourth-order valence-corrected chi connectivity index (χ4v) is 4.18. The number of benzene rings is 2. The van der Waals surface area contributed by atoms with Crippen LogP contribution in [0.3, 0.4) is 0 Å². The van der Waals surface area contributed by atoms with E-state index in [0.717, 1.165) is 11.3 Å². The SMILES string of the molecule is O=C(CSCc1ccccc1)Nc1nnc(-c2ccc(Cl)cc2Cl)s1. The smallest absolute Gasteiger partial charge is 0.236 e. The Kier molecular flexibility index (Phi) is 6.31. The van der Waals surface area contributed by atoms with E-state index < -0.39 is 0 Å². The number of amides is 1. The number of halogens is 2. The van der Waals surface area contributed by atoms with Crippen LogP contribution in [0.1, 0.15) is 5.56 Å². The highest BCUT2D eigenvalue weighted by Crippen LogP contribution is 2.33. The van der Waals surface area contributed by atoms with Gasteiger partial charge in [0, 0.05) is 16.3 Å². The molecule has 2 aromatic carbocycles. The Labute approximate surface area is 163 Å². The Morgan fingerprint density at radius 3 is 2.68 bits per heavy atom. The van der Waals surface area contributed by atoms with Crippen molar-refractivity contribution < 1.29 is 4.79 Å². The average molecular weight is 410 g/mol. The van der Waals surface area contributed by atoms with Crippen molar-refractivity contribution in [3.63, 3.8) is 0 Å². The molecular weight excluding hydrogens is 397 g/mol. The van der Waals surface area contributed by atoms with Crippen LogP contribution in [-0.4, -0.2) is 21.9 Å². The average Bonchev–Trinajstić information content (AvgIpc) is 3.04. The molecule has 25 heavy (non-hydrogen) atoms. The lowest BCUT2D eigenvalue weighted by atomic mass is 10.2. The van der Waals surface area contributed by atoms with E-state index in [4.69, 9.17) is 23.2 Å². The topological polar surface area (TPSA) is 54.9 Å². The monoisotopic (exact) mass is 409 g/mol. The minimum atomic E-state index is -0.106. The van der Waals surface area contributed by atoms with Gasteiger partial charge in [-0.05, 0) is 23.8 Å². The van der Waals surface area contributed by atoms with Crippen molar-refractivity contribution in [3.8, 4) is 10.6 Å². The maximum Gasteiger partial charge on any atom is 0.236 e. The molecule has 0 saturated carbocycles. The molecule has 0 fully saturated rings. The lowest BCUT2D eigenvalue weighted by Gasteiger charge is -2.02. The van der Waals surface area contributed by atoms with Crippen LogP contribution < -0.4 is 5.32 Å². The van der Waals surface area contributed by atoms with E-state index in [1.54, 1.807) is 30.0 Å². The van der Waals surface area contributed by atoms with Crippen LogP contribution in [0.25, 0.3) is 10.6 Å². The Hall–Kier alpha value is -1.60. The number of rotatable bonds is 6. The van der Waals surface area contributed by atoms with E-state index in [1.807, 2.05) is 30.3 Å². The first kappa shape index (κ1) is 18.2. The predicted molar refractivity (Wildman–Crippen MR) is 107 cm³/mol. The summed E-state index contributed by atoms with van der Waals surface area (Å²) in [5.41, 5.74) is 1.93. The molecule has 0 aliphatic heterocycles. The van der Waals surface area contributed by atoms with Gasteiger partial charge >= 0.3 is 0 Å². The first-order valence-electron chi connectivity index (χ1n) is 7.32. The van der Waals surface area contributed by atoms with Crippen molar-refractivity contribution in [1.82, 2.24) is 10.2 Å². The summed E-state index contributed by atoms with van der Waals surface area (Å²) >= 11 is 14.9. The zero-order chi connectivity index (χ0) is 17.6. The van der Waals surface area contributed by atoms with E-state index in [1.165, 1.54) is 16.9 Å². The van der Waals surface area contributed by atoms with Crippen molar-refractivity contribution in [1.29, 1.82) is 0 Å². The summed E-state index contributed by atoms with van der Waals surface area (Å²) in [6.07, 6.45) is 0. The number of carbonyl (C=O) groups is 1. The van der Waals surface area contributed by atoms with Gasteiger partial charge in [0.2, 0.25) is 11.0 Å². The summed E-state index contributed by atoms with van der Waals surface area (Å²) in [6.45, 7) is 0. The molecule has 1 N–H and O–H groups in total. The molecule has 4 nitrogen and oxygen atoms in total. The van der Waals surface area contributed by atoms with Crippen molar-refractivity contribution in [2.75, 3.05) is 11.1 Å². The number of nitrogens with one attached hydrogen (secondary N) is 1. The number of aromatic nitrogens is 2. The summed E-state index contributed by atoms with van der Waals surface area (Å²) < 4.78 is 0. The Morgan fingerprint density at radius 2 is 1.92 bits per heavy atom. The van der Waals surface area contributed by atoms with Crippen LogP contribution in [0.5, 0.6) is 0 Å². The number of hydrogen-bond acceptors (Lipinski definition) is 5. The highest BCUT2D eigenvalue weighted by Gasteiger charge is 2.12. The lowest BCUT2D eigenvalue weighted by Crippen LogP contribution is -2.13. The van der Waals surface area contributed by atoms with Crippen molar-refractivity contribution >= 4 is 57.3 Å². The standard InChI is InChI=1S/C17H13Cl2N3OS2/c18-12-6-7-13(14(19)8-12)16-21-22-17(25-16)20-15(23)10-24-9-11-4-2-1-3-5-11/h1-8H,9-10H2,(H,20,22,23). The van der Waals surface area contributed by atoms with Crippen LogP contribution in [0, 0.1) is 0 Å². The number of nitrogens with zero attached hydrogens (tertiary/aromatic N) is 2. The molecule has 128 valence electrons. The molecule has 1 heterocycles. The third-order valence-corrected chi connectivity index (χ3v) is 5.60. The number of anilines is 1. The van der Waals surface area contributed by atoms with Crippen molar-refractivity contribution in [2.24, 2.45) is 0 Å². The second-order valence-corrected chi connectivity index (χ2v) is 7.87. The van der Waals surface area contributed by atoms with Crippen molar-refractivity contribution in [3.05, 3.63) is 64.1 Å². The lowest BCUT2D eigenvalue weighted by molar-refractivity contribution is -0.113. The molecule has 0 aliphatic carbocycles. The zero-order valence-corrected chi connectivity index (χ0v) is 16.1. The highest BCUT2D eigenvalue weighted by atomic mass is 35.5. The van der Waals surface area contributed by atoms with E-state index in [-0.39, 0.29) is 5.91 Å². The van der Waals surface area contributed by atoms with Gasteiger partial charge in [-0.3, -0.25) is 10.1 Å². The molecule has 0 aliphatic rings. The van der Waals surface area contributed by atoms with Gasteiger partial charge in [0.1, 0.15) is 0 Å². The molecule has 0 radical (unpaired) electrons. The first-order chi connectivity index (χ1) is 12.1. The van der Waals surface area contributed by atoms with Gasteiger partial charge in [0.05, 0.1) is 10.8 Å². The Bertz CT molecular complexity index is 871. The minimum absolute atomic E-state index is 0.106. The van der Waals surface area contributed by atoms with E-state index in [2.05, 4.69) is 15.5 Å². The third kappa shape index (κ3) is 5.19. The van der Waals surface area contributed by atoms with E-state index >= 15 is 0 Å². The molecule has 8 heteroatoms. The molecule has 3 rings (SSSR count). The molecule has 1 aromatic heterocycles. The van der Waals surface area contributed by atoms with E-state index in [9.17, 15) is 4.79 Å². The van der Waals surface area contributed by atoms with Crippen LogP contribution in [-0.2, 0) is 10.5 Å². The van der Waals surface area contributed by atoms with Gasteiger partial charge in [0.25, 0.3) is 0 Å². The minimum Gasteiger partial charge on any atom is -0.300 e. The summed E-state index contributed by atoms with van der Waals surface area (Å²) in [5, 5.41) is 13.0. The molecule has 1 amide bonds. The number of carbonyl (C=O) groups excluding carboxylic acids is 1. The maximum absolute atomic E-state index is 12.0. The molecule has 3 aromatic rings. The molecule has 0 unspecified atom stereocenters. The van der Waals surface area contributed by atoms with Gasteiger partial charge in [-0.2, -0.15) is 0 Å².